The predicted molar refractivity (Wildman–Crippen MR) is 80.6 cm³/mol. The van der Waals surface area contributed by atoms with Crippen LogP contribution in [0.4, 0.5) is 0 Å². The number of piperidine rings is 1. The van der Waals surface area contributed by atoms with Gasteiger partial charge < -0.3 is 15.4 Å². The third-order valence-corrected chi connectivity index (χ3v) is 4.68. The van der Waals surface area contributed by atoms with Gasteiger partial charge in [0.2, 0.25) is 5.91 Å². The van der Waals surface area contributed by atoms with Crippen LogP contribution in [0.15, 0.2) is 0 Å². The first kappa shape index (κ1) is 15.8. The molecule has 0 radical (unpaired) electrons. The van der Waals surface area contributed by atoms with Gasteiger partial charge in [-0.2, -0.15) is 0 Å². The molecule has 2 aliphatic rings. The van der Waals surface area contributed by atoms with Crippen molar-refractivity contribution in [2.24, 2.45) is 5.92 Å². The number of hydrogen-bond acceptors (Lipinski definition) is 3. The average molecular weight is 282 g/mol. The molecule has 116 valence electrons. The van der Waals surface area contributed by atoms with E-state index in [1.165, 1.54) is 25.7 Å². The van der Waals surface area contributed by atoms with E-state index in [0.717, 1.165) is 19.3 Å². The highest BCUT2D eigenvalue weighted by atomic mass is 16.5. The molecule has 0 spiro atoms. The SMILES string of the molecule is CCCCC(COC)NC(=O)CC1CC2CCC(C1)N2. The second-order valence-electron chi connectivity index (χ2n) is 6.54. The molecule has 2 aliphatic heterocycles. The first-order valence-corrected chi connectivity index (χ1v) is 8.25. The van der Waals surface area contributed by atoms with Crippen molar-refractivity contribution in [3.8, 4) is 0 Å². The molecule has 2 heterocycles. The smallest absolute Gasteiger partial charge is 0.220 e. The zero-order valence-corrected chi connectivity index (χ0v) is 13.0. The quantitative estimate of drug-likeness (QED) is 0.718. The molecule has 1 amide bonds. The van der Waals surface area contributed by atoms with E-state index in [-0.39, 0.29) is 11.9 Å². The largest absolute Gasteiger partial charge is 0.383 e. The summed E-state index contributed by atoms with van der Waals surface area (Å²) in [6.07, 6.45) is 8.97. The van der Waals surface area contributed by atoms with Gasteiger partial charge in [0, 0.05) is 25.6 Å². The van der Waals surface area contributed by atoms with Crippen molar-refractivity contribution in [2.75, 3.05) is 13.7 Å². The van der Waals surface area contributed by atoms with Gasteiger partial charge in [-0.25, -0.2) is 0 Å². The Morgan fingerprint density at radius 2 is 2.05 bits per heavy atom. The van der Waals surface area contributed by atoms with E-state index in [2.05, 4.69) is 17.6 Å². The second-order valence-corrected chi connectivity index (χ2v) is 6.54. The molecule has 0 aromatic rings. The molecule has 2 bridgehead atoms. The van der Waals surface area contributed by atoms with Crippen LogP contribution in [-0.4, -0.2) is 37.7 Å². The highest BCUT2D eigenvalue weighted by Gasteiger charge is 2.34. The fourth-order valence-corrected chi connectivity index (χ4v) is 3.74. The predicted octanol–water partition coefficient (Wildman–Crippen LogP) is 2.23. The van der Waals surface area contributed by atoms with Crippen molar-refractivity contribution in [3.05, 3.63) is 0 Å². The van der Waals surface area contributed by atoms with Gasteiger partial charge in [-0.3, -0.25) is 4.79 Å². The van der Waals surface area contributed by atoms with Crippen LogP contribution < -0.4 is 10.6 Å². The maximum absolute atomic E-state index is 12.2. The summed E-state index contributed by atoms with van der Waals surface area (Å²) in [5.41, 5.74) is 0. The Morgan fingerprint density at radius 1 is 1.35 bits per heavy atom. The number of methoxy groups -OCH3 is 1. The molecule has 3 unspecified atom stereocenters. The molecular weight excluding hydrogens is 252 g/mol. The fourth-order valence-electron chi connectivity index (χ4n) is 3.74. The van der Waals surface area contributed by atoms with Gasteiger partial charge in [-0.15, -0.1) is 0 Å². The summed E-state index contributed by atoms with van der Waals surface area (Å²) in [6, 6.07) is 1.52. The van der Waals surface area contributed by atoms with Crippen LogP contribution in [0.3, 0.4) is 0 Å². The van der Waals surface area contributed by atoms with E-state index in [0.29, 0.717) is 31.0 Å². The Hall–Kier alpha value is -0.610. The van der Waals surface area contributed by atoms with Crippen LogP contribution in [0.5, 0.6) is 0 Å². The minimum absolute atomic E-state index is 0.186. The summed E-state index contributed by atoms with van der Waals surface area (Å²) in [7, 11) is 1.70. The summed E-state index contributed by atoms with van der Waals surface area (Å²) >= 11 is 0. The van der Waals surface area contributed by atoms with Crippen LogP contribution in [0.25, 0.3) is 0 Å². The fraction of sp³-hybridized carbons (Fsp3) is 0.938. The van der Waals surface area contributed by atoms with E-state index in [1.807, 2.05) is 0 Å². The third kappa shape index (κ3) is 4.74. The van der Waals surface area contributed by atoms with Gasteiger partial charge in [0.25, 0.3) is 0 Å². The number of carbonyl (C=O) groups excluding carboxylic acids is 1. The molecule has 2 fully saturated rings. The summed E-state index contributed by atoms with van der Waals surface area (Å²) in [6.45, 7) is 2.81. The Labute approximate surface area is 123 Å². The van der Waals surface area contributed by atoms with Crippen molar-refractivity contribution < 1.29 is 9.53 Å². The van der Waals surface area contributed by atoms with E-state index in [9.17, 15) is 4.79 Å². The van der Waals surface area contributed by atoms with E-state index >= 15 is 0 Å². The molecule has 4 nitrogen and oxygen atoms in total. The number of rotatable bonds is 8. The maximum atomic E-state index is 12.2. The normalized spacial score (nSPS) is 30.2. The molecule has 3 atom stereocenters. The summed E-state index contributed by atoms with van der Waals surface area (Å²) in [5, 5.41) is 6.80. The minimum Gasteiger partial charge on any atom is -0.383 e. The zero-order valence-electron chi connectivity index (χ0n) is 13.0. The Kier molecular flexibility index (Phi) is 6.30. The molecule has 0 aliphatic carbocycles. The molecule has 2 N–H and O–H groups in total. The van der Waals surface area contributed by atoms with Crippen LogP contribution in [0, 0.1) is 5.92 Å². The van der Waals surface area contributed by atoms with Crippen molar-refractivity contribution in [2.45, 2.75) is 76.4 Å². The lowest BCUT2D eigenvalue weighted by Gasteiger charge is -2.29. The molecular formula is C16H30N2O2. The van der Waals surface area contributed by atoms with Crippen molar-refractivity contribution in [1.29, 1.82) is 0 Å². The Balaban J connectivity index is 1.72. The molecule has 0 saturated carbocycles. The number of unbranched alkanes of at least 4 members (excludes halogenated alkanes) is 1. The zero-order chi connectivity index (χ0) is 14.4. The molecule has 20 heavy (non-hydrogen) atoms. The summed E-state index contributed by atoms with van der Waals surface area (Å²) < 4.78 is 5.21. The molecule has 0 aromatic carbocycles. The highest BCUT2D eigenvalue weighted by molar-refractivity contribution is 5.76. The van der Waals surface area contributed by atoms with E-state index in [1.54, 1.807) is 7.11 Å². The van der Waals surface area contributed by atoms with Gasteiger partial charge >= 0.3 is 0 Å². The van der Waals surface area contributed by atoms with E-state index in [4.69, 9.17) is 4.74 Å². The number of carbonyl (C=O) groups is 1. The second kappa shape index (κ2) is 7.99. The first-order chi connectivity index (χ1) is 9.71. The number of amides is 1. The van der Waals surface area contributed by atoms with Gasteiger partial charge in [0.05, 0.1) is 12.6 Å². The van der Waals surface area contributed by atoms with Crippen LogP contribution >= 0.6 is 0 Å². The summed E-state index contributed by atoms with van der Waals surface area (Å²) in [4.78, 5) is 12.2. The maximum Gasteiger partial charge on any atom is 0.220 e. The van der Waals surface area contributed by atoms with Gasteiger partial charge in [-0.05, 0) is 38.0 Å². The highest BCUT2D eigenvalue weighted by Crippen LogP contribution is 2.32. The lowest BCUT2D eigenvalue weighted by Crippen LogP contribution is -2.42. The average Bonchev–Trinajstić information content (AvgIpc) is 2.75. The third-order valence-electron chi connectivity index (χ3n) is 4.68. The molecule has 2 rings (SSSR count). The summed E-state index contributed by atoms with van der Waals surface area (Å²) in [5.74, 6) is 0.789. The van der Waals surface area contributed by atoms with Crippen molar-refractivity contribution >= 4 is 5.91 Å². The van der Waals surface area contributed by atoms with Crippen LogP contribution in [0.2, 0.25) is 0 Å². The lowest BCUT2D eigenvalue weighted by atomic mass is 9.89. The first-order valence-electron chi connectivity index (χ1n) is 8.25. The van der Waals surface area contributed by atoms with Crippen molar-refractivity contribution in [1.82, 2.24) is 10.6 Å². The molecule has 2 saturated heterocycles. The molecule has 0 aromatic heterocycles. The van der Waals surface area contributed by atoms with Gasteiger partial charge in [0.15, 0.2) is 0 Å². The van der Waals surface area contributed by atoms with Gasteiger partial charge in [-0.1, -0.05) is 19.8 Å². The van der Waals surface area contributed by atoms with Crippen LogP contribution in [-0.2, 0) is 9.53 Å². The lowest BCUT2D eigenvalue weighted by molar-refractivity contribution is -0.123. The Morgan fingerprint density at radius 3 is 2.65 bits per heavy atom. The number of hydrogen-bond donors (Lipinski definition) is 2. The number of ether oxygens (including phenoxy) is 1. The standard InChI is InChI=1S/C16H30N2O2/c1-3-4-5-15(11-20-2)18-16(19)10-12-8-13-6-7-14(9-12)17-13/h12-15,17H,3-11H2,1-2H3,(H,18,19). The topological polar surface area (TPSA) is 50.4 Å². The van der Waals surface area contributed by atoms with Crippen molar-refractivity contribution in [3.63, 3.8) is 0 Å². The van der Waals surface area contributed by atoms with Crippen LogP contribution in [0.1, 0.15) is 58.3 Å². The number of fused-ring (bicyclic) bond motifs is 2. The Bertz CT molecular complexity index is 297. The molecule has 4 heteroatoms. The van der Waals surface area contributed by atoms with E-state index < -0.39 is 0 Å². The van der Waals surface area contributed by atoms with Gasteiger partial charge in [0.1, 0.15) is 0 Å². The minimum atomic E-state index is 0.186. The number of nitrogens with one attached hydrogen (secondary N) is 2. The monoisotopic (exact) mass is 282 g/mol.